The van der Waals surface area contributed by atoms with Crippen LogP contribution < -0.4 is 0 Å². The topological polar surface area (TPSA) is 23.5 Å². The minimum Gasteiger partial charge on any atom is -0.395 e. The Bertz CT molecular complexity index is 283. The molecule has 0 radical (unpaired) electrons. The van der Waals surface area contributed by atoms with Crippen molar-refractivity contribution in [1.29, 1.82) is 0 Å². The zero-order chi connectivity index (χ0) is 10.4. The summed E-state index contributed by atoms with van der Waals surface area (Å²) >= 11 is 0. The number of rotatable bonds is 3. The summed E-state index contributed by atoms with van der Waals surface area (Å²) in [5.74, 6) is 2.68. The second-order valence-corrected chi connectivity index (χ2v) is 3.49. The molecule has 0 aromatic carbocycles. The molecule has 2 nitrogen and oxygen atoms in total. The summed E-state index contributed by atoms with van der Waals surface area (Å²) in [4.78, 5) is 2.08. The van der Waals surface area contributed by atoms with Crippen molar-refractivity contribution in [2.45, 2.75) is 19.3 Å². The average molecular weight is 191 g/mol. The van der Waals surface area contributed by atoms with E-state index in [9.17, 15) is 0 Å². The lowest BCUT2D eigenvalue weighted by molar-refractivity contribution is 0.243. The Labute approximate surface area is 85.9 Å². The van der Waals surface area contributed by atoms with Crippen molar-refractivity contribution in [1.82, 2.24) is 4.90 Å². The van der Waals surface area contributed by atoms with Crippen LogP contribution in [0.5, 0.6) is 0 Å². The van der Waals surface area contributed by atoms with Gasteiger partial charge in [0, 0.05) is 24.9 Å². The summed E-state index contributed by atoms with van der Waals surface area (Å²) in [6.45, 7) is 0.880. The Kier molecular flexibility index (Phi) is 4.28. The van der Waals surface area contributed by atoms with E-state index in [0.29, 0.717) is 6.54 Å². The first-order chi connectivity index (χ1) is 6.77. The Morgan fingerprint density at radius 3 is 2.93 bits per heavy atom. The lowest BCUT2D eigenvalue weighted by Gasteiger charge is -2.20. The molecule has 1 aliphatic rings. The fraction of sp³-hybridized carbons (Fsp3) is 0.500. The zero-order valence-corrected chi connectivity index (χ0v) is 8.66. The van der Waals surface area contributed by atoms with E-state index in [4.69, 9.17) is 11.5 Å². The summed E-state index contributed by atoms with van der Waals surface area (Å²) in [5.41, 5.74) is 2.32. The maximum absolute atomic E-state index is 8.82. The highest BCUT2D eigenvalue weighted by molar-refractivity contribution is 5.32. The molecule has 1 N–H and O–H groups in total. The van der Waals surface area contributed by atoms with Crippen molar-refractivity contribution < 1.29 is 5.11 Å². The molecule has 0 unspecified atom stereocenters. The molecule has 0 saturated carbocycles. The standard InChI is InChI=1S/C12H17NO/c1-3-11-5-4-6-12(8-7-11)13(2)9-10-14/h1,7-8,14H,4-6,9-10H2,2H3. The van der Waals surface area contributed by atoms with Crippen LogP contribution in [0.1, 0.15) is 19.3 Å². The minimum atomic E-state index is 0.194. The van der Waals surface area contributed by atoms with Crippen LogP contribution >= 0.6 is 0 Å². The number of aliphatic hydroxyl groups excluding tert-OH is 1. The first-order valence-corrected chi connectivity index (χ1v) is 4.96. The van der Waals surface area contributed by atoms with Crippen LogP contribution in [-0.4, -0.2) is 30.2 Å². The van der Waals surface area contributed by atoms with Gasteiger partial charge in [0.1, 0.15) is 0 Å². The molecule has 14 heavy (non-hydrogen) atoms. The molecule has 76 valence electrons. The average Bonchev–Trinajstić information content (AvgIpc) is 2.42. The molecule has 0 atom stereocenters. The van der Waals surface area contributed by atoms with Gasteiger partial charge < -0.3 is 10.0 Å². The van der Waals surface area contributed by atoms with Crippen LogP contribution in [0, 0.1) is 12.3 Å². The van der Waals surface area contributed by atoms with E-state index in [-0.39, 0.29) is 6.61 Å². The molecule has 2 heteroatoms. The molecule has 1 rings (SSSR count). The van der Waals surface area contributed by atoms with Gasteiger partial charge in [-0.05, 0) is 31.4 Å². The highest BCUT2D eigenvalue weighted by Gasteiger charge is 2.06. The Balaban J connectivity index is 2.66. The van der Waals surface area contributed by atoms with Gasteiger partial charge in [-0.15, -0.1) is 6.42 Å². The highest BCUT2D eigenvalue weighted by Crippen LogP contribution is 2.18. The molecule has 0 aromatic heterocycles. The van der Waals surface area contributed by atoms with E-state index in [2.05, 4.69) is 16.9 Å². The Morgan fingerprint density at radius 2 is 2.29 bits per heavy atom. The van der Waals surface area contributed by atoms with Gasteiger partial charge in [-0.1, -0.05) is 5.92 Å². The highest BCUT2D eigenvalue weighted by atomic mass is 16.3. The SMILES string of the molecule is C#CC1=CC=C(N(C)CCO)CCC1. The van der Waals surface area contributed by atoms with E-state index in [1.807, 2.05) is 13.1 Å². The van der Waals surface area contributed by atoms with E-state index < -0.39 is 0 Å². The van der Waals surface area contributed by atoms with Gasteiger partial charge in [0.25, 0.3) is 0 Å². The quantitative estimate of drug-likeness (QED) is 0.684. The largest absolute Gasteiger partial charge is 0.395 e. The molecule has 0 bridgehead atoms. The monoisotopic (exact) mass is 191 g/mol. The molecule has 0 aliphatic heterocycles. The van der Waals surface area contributed by atoms with Crippen molar-refractivity contribution in [2.75, 3.05) is 20.2 Å². The smallest absolute Gasteiger partial charge is 0.0606 e. The third-order valence-corrected chi connectivity index (χ3v) is 2.47. The van der Waals surface area contributed by atoms with Crippen LogP contribution in [0.4, 0.5) is 0 Å². The number of likely N-dealkylation sites (N-methyl/N-ethyl adjacent to an activating group) is 1. The normalized spacial score (nSPS) is 16.4. The predicted octanol–water partition coefficient (Wildman–Crippen LogP) is 1.54. The molecule has 0 heterocycles. The van der Waals surface area contributed by atoms with Crippen molar-refractivity contribution in [3.63, 3.8) is 0 Å². The maximum atomic E-state index is 8.82. The summed E-state index contributed by atoms with van der Waals surface area (Å²) in [5, 5.41) is 8.82. The first kappa shape index (κ1) is 10.9. The Hall–Kier alpha value is -1.20. The van der Waals surface area contributed by atoms with Gasteiger partial charge >= 0.3 is 0 Å². The fourth-order valence-electron chi connectivity index (χ4n) is 1.56. The van der Waals surface area contributed by atoms with Gasteiger partial charge in [-0.2, -0.15) is 0 Å². The molecule has 0 saturated heterocycles. The summed E-state index contributed by atoms with van der Waals surface area (Å²) in [6.07, 6.45) is 12.6. The third kappa shape index (κ3) is 2.93. The van der Waals surface area contributed by atoms with Gasteiger partial charge in [0.05, 0.1) is 6.61 Å². The van der Waals surface area contributed by atoms with Crippen LogP contribution in [0.3, 0.4) is 0 Å². The Morgan fingerprint density at radius 1 is 1.50 bits per heavy atom. The van der Waals surface area contributed by atoms with Crippen molar-refractivity contribution in [3.8, 4) is 12.3 Å². The zero-order valence-electron chi connectivity index (χ0n) is 8.66. The second kappa shape index (κ2) is 5.51. The molecule has 0 fully saturated rings. The molecule has 0 aromatic rings. The molecule has 1 aliphatic carbocycles. The number of aliphatic hydroxyl groups is 1. The molecular formula is C12H17NO. The lowest BCUT2D eigenvalue weighted by atomic mass is 10.1. The molecular weight excluding hydrogens is 174 g/mol. The van der Waals surface area contributed by atoms with E-state index in [1.54, 1.807) is 0 Å². The van der Waals surface area contributed by atoms with Crippen LogP contribution in [0.15, 0.2) is 23.4 Å². The van der Waals surface area contributed by atoms with Crippen molar-refractivity contribution in [3.05, 3.63) is 23.4 Å². The summed E-state index contributed by atoms with van der Waals surface area (Å²) < 4.78 is 0. The number of hydrogen-bond acceptors (Lipinski definition) is 2. The van der Waals surface area contributed by atoms with Crippen LogP contribution in [-0.2, 0) is 0 Å². The maximum Gasteiger partial charge on any atom is 0.0606 e. The van der Waals surface area contributed by atoms with Gasteiger partial charge in [-0.3, -0.25) is 0 Å². The van der Waals surface area contributed by atoms with E-state index in [0.717, 1.165) is 24.8 Å². The number of hydrogen-bond donors (Lipinski definition) is 1. The van der Waals surface area contributed by atoms with Gasteiger partial charge in [0.2, 0.25) is 0 Å². The van der Waals surface area contributed by atoms with Crippen molar-refractivity contribution in [2.24, 2.45) is 0 Å². The number of allylic oxidation sites excluding steroid dienone is 4. The minimum absolute atomic E-state index is 0.194. The summed E-state index contributed by atoms with van der Waals surface area (Å²) in [6, 6.07) is 0. The second-order valence-electron chi connectivity index (χ2n) is 3.49. The molecule has 0 amide bonds. The van der Waals surface area contributed by atoms with E-state index >= 15 is 0 Å². The first-order valence-electron chi connectivity index (χ1n) is 4.96. The fourth-order valence-corrected chi connectivity index (χ4v) is 1.56. The third-order valence-electron chi connectivity index (χ3n) is 2.47. The van der Waals surface area contributed by atoms with Gasteiger partial charge in [0.15, 0.2) is 0 Å². The van der Waals surface area contributed by atoms with E-state index in [1.165, 1.54) is 5.70 Å². The number of terminal acetylenes is 1. The van der Waals surface area contributed by atoms with Crippen LogP contribution in [0.25, 0.3) is 0 Å². The van der Waals surface area contributed by atoms with Gasteiger partial charge in [-0.25, -0.2) is 0 Å². The lowest BCUT2D eigenvalue weighted by Crippen LogP contribution is -2.21. The molecule has 0 spiro atoms. The summed E-state index contributed by atoms with van der Waals surface area (Å²) in [7, 11) is 2.00. The van der Waals surface area contributed by atoms with Crippen molar-refractivity contribution >= 4 is 0 Å². The van der Waals surface area contributed by atoms with Crippen LogP contribution in [0.2, 0.25) is 0 Å². The number of nitrogens with zero attached hydrogens (tertiary/aromatic N) is 1. The predicted molar refractivity (Wildman–Crippen MR) is 58.6 cm³/mol.